The van der Waals surface area contributed by atoms with E-state index in [1.807, 2.05) is 6.20 Å². The van der Waals surface area contributed by atoms with Crippen molar-refractivity contribution < 1.29 is 0 Å². The summed E-state index contributed by atoms with van der Waals surface area (Å²) in [6.07, 6.45) is 3.61. The van der Waals surface area contributed by atoms with Crippen molar-refractivity contribution in [3.05, 3.63) is 91.3 Å². The fourth-order valence-electron chi connectivity index (χ4n) is 4.70. The monoisotopic (exact) mass is 449 g/mol. The zero-order chi connectivity index (χ0) is 19.7. The van der Waals surface area contributed by atoms with E-state index in [-0.39, 0.29) is 14.5 Å². The minimum absolute atomic E-state index is 0.163. The van der Waals surface area contributed by atoms with Crippen LogP contribution in [0.1, 0.15) is 0 Å². The Hall–Kier alpha value is -3.46. The van der Waals surface area contributed by atoms with Crippen molar-refractivity contribution in [2.45, 2.75) is 0 Å². The van der Waals surface area contributed by atoms with Crippen LogP contribution in [0, 0.1) is 0 Å². The molecule has 0 saturated heterocycles. The van der Waals surface area contributed by atoms with Crippen molar-refractivity contribution in [2.75, 3.05) is 0 Å². The average Bonchev–Trinajstić information content (AvgIpc) is 3.34. The molecule has 0 aliphatic carbocycles. The molecule has 0 saturated carbocycles. The Labute approximate surface area is 178 Å². The molecule has 4 heteroatoms. The van der Waals surface area contributed by atoms with E-state index in [2.05, 4.69) is 93.4 Å². The van der Waals surface area contributed by atoms with Gasteiger partial charge < -0.3 is 0 Å². The number of benzene rings is 4. The molecule has 0 N–H and O–H groups in total. The third kappa shape index (κ3) is 2.10. The zero-order valence-electron chi connectivity index (χ0n) is 15.9. The Morgan fingerprint density at radius 3 is 1.97 bits per heavy atom. The predicted molar refractivity (Wildman–Crippen MR) is 126 cm³/mol. The summed E-state index contributed by atoms with van der Waals surface area (Å²) in [7, 11) is 0. The van der Waals surface area contributed by atoms with Gasteiger partial charge in [-0.15, -0.1) is 0 Å². The maximum atomic E-state index is 4.69. The molecule has 140 valence electrons. The molecule has 0 aliphatic rings. The number of fused-ring (bicyclic) bond motifs is 8. The zero-order valence-corrected chi connectivity index (χ0v) is 17.6. The Morgan fingerprint density at radius 2 is 1.23 bits per heavy atom. The Balaban J connectivity index is 1.74. The van der Waals surface area contributed by atoms with Crippen LogP contribution in [0.2, 0.25) is 0 Å². The Bertz CT molecular complexity index is 1700. The molecule has 0 atom stereocenters. The van der Waals surface area contributed by atoms with Gasteiger partial charge in [0.1, 0.15) is 0 Å². The molecule has 0 radical (unpaired) electrons. The van der Waals surface area contributed by atoms with Crippen molar-refractivity contribution >= 4 is 66.6 Å². The molecular formula is C26H15N3Se. The van der Waals surface area contributed by atoms with Crippen LogP contribution in [-0.2, 0) is 0 Å². The van der Waals surface area contributed by atoms with Gasteiger partial charge in [-0.1, -0.05) is 0 Å². The molecule has 0 amide bonds. The van der Waals surface area contributed by atoms with Crippen LogP contribution < -0.4 is 0 Å². The SMILES string of the molecule is c1ccc2c(c1)c(-n1c3ccccc3c3ccccc31)cc1[se]c3nccnc3c12. The number of rotatable bonds is 1. The first-order valence-corrected chi connectivity index (χ1v) is 11.6. The molecule has 3 heterocycles. The summed E-state index contributed by atoms with van der Waals surface area (Å²) >= 11 is 0.163. The van der Waals surface area contributed by atoms with Crippen LogP contribution in [0.25, 0.3) is 57.8 Å². The summed E-state index contributed by atoms with van der Waals surface area (Å²) < 4.78 is 4.91. The quantitative estimate of drug-likeness (QED) is 0.285. The number of nitrogens with zero attached hydrogens (tertiary/aromatic N) is 3. The summed E-state index contributed by atoms with van der Waals surface area (Å²) in [6, 6.07) is 28.5. The summed E-state index contributed by atoms with van der Waals surface area (Å²) in [6.45, 7) is 0. The second-order valence-corrected chi connectivity index (χ2v) is 9.66. The molecule has 0 spiro atoms. The first kappa shape index (κ1) is 16.3. The van der Waals surface area contributed by atoms with Crippen molar-refractivity contribution in [1.29, 1.82) is 0 Å². The number of hydrogen-bond donors (Lipinski definition) is 0. The van der Waals surface area contributed by atoms with Gasteiger partial charge in [-0.25, -0.2) is 0 Å². The molecule has 0 unspecified atom stereocenters. The molecule has 30 heavy (non-hydrogen) atoms. The van der Waals surface area contributed by atoms with E-state index in [0.29, 0.717) is 0 Å². The van der Waals surface area contributed by atoms with E-state index in [1.54, 1.807) is 6.20 Å². The van der Waals surface area contributed by atoms with Crippen LogP contribution in [0.3, 0.4) is 0 Å². The second kappa shape index (κ2) is 6.02. The van der Waals surface area contributed by atoms with Crippen molar-refractivity contribution in [3.63, 3.8) is 0 Å². The van der Waals surface area contributed by atoms with Gasteiger partial charge in [-0.05, 0) is 0 Å². The van der Waals surface area contributed by atoms with E-state index < -0.39 is 0 Å². The van der Waals surface area contributed by atoms with Crippen molar-refractivity contribution in [1.82, 2.24) is 14.5 Å². The molecule has 0 fully saturated rings. The molecule has 0 bridgehead atoms. The Kier molecular flexibility index (Phi) is 3.28. The second-order valence-electron chi connectivity index (χ2n) is 7.50. The first-order chi connectivity index (χ1) is 14.9. The van der Waals surface area contributed by atoms with E-state index in [9.17, 15) is 0 Å². The summed E-state index contributed by atoms with van der Waals surface area (Å²) in [5, 5.41) is 6.34. The van der Waals surface area contributed by atoms with Crippen LogP contribution >= 0.6 is 0 Å². The van der Waals surface area contributed by atoms with Gasteiger partial charge in [0.15, 0.2) is 0 Å². The average molecular weight is 448 g/mol. The normalized spacial score (nSPS) is 12.0. The van der Waals surface area contributed by atoms with Gasteiger partial charge in [0.2, 0.25) is 0 Å². The van der Waals surface area contributed by atoms with Gasteiger partial charge in [0.25, 0.3) is 0 Å². The van der Waals surface area contributed by atoms with Gasteiger partial charge in [-0.3, -0.25) is 0 Å². The number of aromatic nitrogens is 3. The van der Waals surface area contributed by atoms with E-state index in [0.717, 1.165) is 9.91 Å². The predicted octanol–water partition coefficient (Wildman–Crippen LogP) is 6.09. The molecule has 3 aromatic heterocycles. The van der Waals surface area contributed by atoms with Gasteiger partial charge >= 0.3 is 178 Å². The molecule has 7 aromatic rings. The number of para-hydroxylation sites is 2. The fourth-order valence-corrected chi connectivity index (χ4v) is 6.91. The molecule has 4 aromatic carbocycles. The van der Waals surface area contributed by atoms with Gasteiger partial charge in [-0.2, -0.15) is 0 Å². The number of hydrogen-bond acceptors (Lipinski definition) is 2. The first-order valence-electron chi connectivity index (χ1n) is 9.94. The third-order valence-corrected chi connectivity index (χ3v) is 8.09. The van der Waals surface area contributed by atoms with Crippen LogP contribution in [0.5, 0.6) is 0 Å². The molecule has 0 aliphatic heterocycles. The van der Waals surface area contributed by atoms with Gasteiger partial charge in [0.05, 0.1) is 0 Å². The Morgan fingerprint density at radius 1 is 0.633 bits per heavy atom. The standard InChI is InChI=1S/C26H15N3Se/c1-2-10-19-18(9-1)22(15-23-24(19)25-26(30-23)28-14-13-27-25)29-20-11-5-3-7-16(20)17-8-4-6-12-21(17)29/h1-15H. The van der Waals surface area contributed by atoms with Crippen LogP contribution in [0.15, 0.2) is 91.3 Å². The van der Waals surface area contributed by atoms with E-state index >= 15 is 0 Å². The van der Waals surface area contributed by atoms with Crippen LogP contribution in [-0.4, -0.2) is 29.0 Å². The topological polar surface area (TPSA) is 30.7 Å². The maximum absolute atomic E-state index is 4.69. The fraction of sp³-hybridized carbons (Fsp3) is 0. The van der Waals surface area contributed by atoms with Crippen molar-refractivity contribution in [3.8, 4) is 5.69 Å². The molecular weight excluding hydrogens is 433 g/mol. The van der Waals surface area contributed by atoms with Crippen LogP contribution in [0.4, 0.5) is 0 Å². The summed E-state index contributed by atoms with van der Waals surface area (Å²) in [5.74, 6) is 0. The summed E-state index contributed by atoms with van der Waals surface area (Å²) in [5.41, 5.74) is 4.76. The minimum atomic E-state index is 0.163. The van der Waals surface area contributed by atoms with E-state index in [1.165, 1.54) is 47.9 Å². The summed E-state index contributed by atoms with van der Waals surface area (Å²) in [4.78, 5) is 9.32. The van der Waals surface area contributed by atoms with Crippen molar-refractivity contribution in [2.24, 2.45) is 0 Å². The third-order valence-electron chi connectivity index (χ3n) is 5.92. The van der Waals surface area contributed by atoms with Gasteiger partial charge in [0, 0.05) is 0 Å². The molecule has 7 rings (SSSR count). The van der Waals surface area contributed by atoms with E-state index in [4.69, 9.17) is 0 Å². The molecule has 3 nitrogen and oxygen atoms in total.